The minimum atomic E-state index is -4.19. The normalized spacial score (nSPS) is 11.9. The molecular weight excluding hydrogens is 606 g/mol. The van der Waals surface area contributed by atoms with Gasteiger partial charge >= 0.3 is 0 Å². The summed E-state index contributed by atoms with van der Waals surface area (Å²) in [5, 5.41) is 3.34. The molecule has 2 amide bonds. The number of rotatable bonds is 14. The minimum Gasteiger partial charge on any atom is -0.354 e. The third kappa shape index (κ3) is 8.96. The fraction of sp³-hybridized carbons (Fsp3) is 0.278. The van der Waals surface area contributed by atoms with Crippen molar-refractivity contribution < 1.29 is 18.0 Å². The molecule has 7 nitrogen and oxygen atoms in total. The van der Waals surface area contributed by atoms with Gasteiger partial charge in [-0.15, -0.1) is 0 Å². The second-order valence-corrected chi connectivity index (χ2v) is 13.4. The quantitative estimate of drug-likeness (QED) is 0.155. The van der Waals surface area contributed by atoms with Crippen LogP contribution in [0.4, 0.5) is 5.69 Å². The first kappa shape index (κ1) is 33.7. The monoisotopic (exact) mass is 645 g/mol. The first-order chi connectivity index (χ1) is 21.6. The zero-order chi connectivity index (χ0) is 32.4. The average molecular weight is 646 g/mol. The Balaban J connectivity index is 1.80. The second kappa shape index (κ2) is 15.7. The van der Waals surface area contributed by atoms with Crippen molar-refractivity contribution in [1.29, 1.82) is 0 Å². The summed E-state index contributed by atoms with van der Waals surface area (Å²) in [7, 11) is -4.19. The van der Waals surface area contributed by atoms with Gasteiger partial charge in [-0.05, 0) is 67.3 Å². The van der Waals surface area contributed by atoms with E-state index < -0.39 is 28.5 Å². The number of benzene rings is 4. The Morgan fingerprint density at radius 3 is 2.22 bits per heavy atom. The third-order valence-electron chi connectivity index (χ3n) is 7.69. The fourth-order valence-corrected chi connectivity index (χ4v) is 6.62. The number of nitrogens with one attached hydrogen (secondary N) is 1. The molecule has 45 heavy (non-hydrogen) atoms. The number of carbonyl (C=O) groups is 2. The van der Waals surface area contributed by atoms with E-state index in [0.717, 1.165) is 39.4 Å². The molecule has 0 bridgehead atoms. The van der Waals surface area contributed by atoms with Gasteiger partial charge in [-0.2, -0.15) is 0 Å². The molecule has 0 saturated heterocycles. The van der Waals surface area contributed by atoms with Crippen LogP contribution in [-0.4, -0.2) is 44.3 Å². The molecule has 236 valence electrons. The highest BCUT2D eigenvalue weighted by atomic mass is 35.5. The third-order valence-corrected chi connectivity index (χ3v) is 9.71. The van der Waals surface area contributed by atoms with Gasteiger partial charge in [-0.25, -0.2) is 8.42 Å². The standard InChI is InChI=1S/C36H40ClN3O4S/c1-4-5-22-38-36(42)34(23-29-13-7-6-8-14-29)39(25-30-15-10-9-12-28(30)3)35(41)26-40(32-17-11-16-31(37)24-32)45(43,44)33-20-18-27(2)19-21-33/h6-21,24,34H,4-5,22-23,25-26H2,1-3H3,(H,38,42)/t34-/m0/s1. The lowest BCUT2D eigenvalue weighted by molar-refractivity contribution is -0.140. The summed E-state index contributed by atoms with van der Waals surface area (Å²) in [6.07, 6.45) is 1.96. The van der Waals surface area contributed by atoms with Gasteiger partial charge in [0.2, 0.25) is 11.8 Å². The molecule has 4 aromatic carbocycles. The number of nitrogens with zero attached hydrogens (tertiary/aromatic N) is 2. The Morgan fingerprint density at radius 2 is 1.56 bits per heavy atom. The summed E-state index contributed by atoms with van der Waals surface area (Å²) in [5.41, 5.74) is 3.86. The molecule has 1 N–H and O–H groups in total. The maximum Gasteiger partial charge on any atom is 0.264 e. The van der Waals surface area contributed by atoms with Crippen molar-refractivity contribution >= 4 is 39.1 Å². The molecule has 0 heterocycles. The molecular formula is C36H40ClN3O4S. The van der Waals surface area contributed by atoms with E-state index in [1.807, 2.05) is 75.4 Å². The first-order valence-corrected chi connectivity index (χ1v) is 16.9. The van der Waals surface area contributed by atoms with Gasteiger partial charge in [0.05, 0.1) is 10.6 Å². The van der Waals surface area contributed by atoms with Crippen molar-refractivity contribution in [2.45, 2.75) is 57.5 Å². The largest absolute Gasteiger partial charge is 0.354 e. The number of carbonyl (C=O) groups excluding carboxylic acids is 2. The summed E-state index contributed by atoms with van der Waals surface area (Å²) in [6.45, 7) is 5.93. The predicted molar refractivity (Wildman–Crippen MR) is 181 cm³/mol. The molecule has 0 aliphatic rings. The van der Waals surface area contributed by atoms with Gasteiger partial charge in [0.1, 0.15) is 12.6 Å². The van der Waals surface area contributed by atoms with Gasteiger partial charge < -0.3 is 10.2 Å². The lowest BCUT2D eigenvalue weighted by Gasteiger charge is -2.34. The molecule has 0 saturated carbocycles. The molecule has 1 atom stereocenters. The highest BCUT2D eigenvalue weighted by Gasteiger charge is 2.34. The van der Waals surface area contributed by atoms with Crippen LogP contribution in [0.5, 0.6) is 0 Å². The van der Waals surface area contributed by atoms with Crippen LogP contribution in [0, 0.1) is 13.8 Å². The van der Waals surface area contributed by atoms with Crippen LogP contribution < -0.4 is 9.62 Å². The van der Waals surface area contributed by atoms with Gasteiger partial charge in [-0.3, -0.25) is 13.9 Å². The lowest BCUT2D eigenvalue weighted by Crippen LogP contribution is -2.53. The Morgan fingerprint density at radius 1 is 0.867 bits per heavy atom. The number of hydrogen-bond donors (Lipinski definition) is 1. The van der Waals surface area contributed by atoms with Crippen molar-refractivity contribution in [2.24, 2.45) is 0 Å². The van der Waals surface area contributed by atoms with Crippen molar-refractivity contribution in [2.75, 3.05) is 17.4 Å². The van der Waals surface area contributed by atoms with Crippen LogP contribution in [0.15, 0.2) is 108 Å². The summed E-state index contributed by atoms with van der Waals surface area (Å²) in [4.78, 5) is 29.9. The van der Waals surface area contributed by atoms with Gasteiger partial charge in [0.25, 0.3) is 10.0 Å². The number of hydrogen-bond acceptors (Lipinski definition) is 4. The van der Waals surface area contributed by atoms with E-state index in [0.29, 0.717) is 11.6 Å². The Hall–Kier alpha value is -4.14. The molecule has 0 unspecified atom stereocenters. The second-order valence-electron chi connectivity index (χ2n) is 11.1. The van der Waals surface area contributed by atoms with E-state index in [9.17, 15) is 18.0 Å². The van der Waals surface area contributed by atoms with Gasteiger partial charge in [-0.1, -0.05) is 103 Å². The molecule has 0 aliphatic heterocycles. The Bertz CT molecular complexity index is 1700. The Labute approximate surface area is 271 Å². The van der Waals surface area contributed by atoms with Gasteiger partial charge in [0.15, 0.2) is 0 Å². The topological polar surface area (TPSA) is 86.8 Å². The van der Waals surface area contributed by atoms with E-state index in [1.165, 1.54) is 23.1 Å². The minimum absolute atomic E-state index is 0.0458. The van der Waals surface area contributed by atoms with E-state index in [2.05, 4.69) is 5.32 Å². The van der Waals surface area contributed by atoms with Crippen LogP contribution >= 0.6 is 11.6 Å². The SMILES string of the molecule is CCCCNC(=O)[C@H](Cc1ccccc1)N(Cc1ccccc1C)C(=O)CN(c1cccc(Cl)c1)S(=O)(=O)c1ccc(C)cc1. The highest BCUT2D eigenvalue weighted by molar-refractivity contribution is 7.92. The molecule has 0 fully saturated rings. The summed E-state index contributed by atoms with van der Waals surface area (Å²) >= 11 is 6.30. The first-order valence-electron chi connectivity index (χ1n) is 15.1. The van der Waals surface area contributed by atoms with Crippen molar-refractivity contribution in [3.05, 3.63) is 130 Å². The number of aryl methyl sites for hydroxylation is 2. The van der Waals surface area contributed by atoms with Crippen LogP contribution in [0.2, 0.25) is 5.02 Å². The summed E-state index contributed by atoms with van der Waals surface area (Å²) < 4.78 is 29.3. The molecule has 4 aromatic rings. The van der Waals surface area contributed by atoms with Crippen molar-refractivity contribution in [3.8, 4) is 0 Å². The zero-order valence-corrected chi connectivity index (χ0v) is 27.5. The van der Waals surface area contributed by atoms with Crippen LogP contribution in [0.3, 0.4) is 0 Å². The van der Waals surface area contributed by atoms with E-state index in [1.54, 1.807) is 30.3 Å². The number of anilines is 1. The maximum atomic E-state index is 14.5. The number of sulfonamides is 1. The number of amides is 2. The van der Waals surface area contributed by atoms with Gasteiger partial charge in [0, 0.05) is 24.5 Å². The molecule has 0 spiro atoms. The molecule has 0 aromatic heterocycles. The molecule has 0 radical (unpaired) electrons. The lowest BCUT2D eigenvalue weighted by atomic mass is 10.0. The van der Waals surface area contributed by atoms with E-state index >= 15 is 0 Å². The number of halogens is 1. The molecule has 9 heteroatoms. The van der Waals surface area contributed by atoms with Crippen molar-refractivity contribution in [1.82, 2.24) is 10.2 Å². The van der Waals surface area contributed by atoms with Crippen LogP contribution in [0.1, 0.15) is 42.0 Å². The smallest absolute Gasteiger partial charge is 0.264 e. The summed E-state index contributed by atoms with van der Waals surface area (Å²) in [5.74, 6) is -0.801. The fourth-order valence-electron chi connectivity index (χ4n) is 5.03. The predicted octanol–water partition coefficient (Wildman–Crippen LogP) is 6.71. The molecule has 4 rings (SSSR count). The van der Waals surface area contributed by atoms with Crippen molar-refractivity contribution in [3.63, 3.8) is 0 Å². The van der Waals surface area contributed by atoms with E-state index in [-0.39, 0.29) is 29.5 Å². The molecule has 0 aliphatic carbocycles. The van der Waals surface area contributed by atoms with Crippen LogP contribution in [-0.2, 0) is 32.6 Å². The maximum absolute atomic E-state index is 14.5. The average Bonchev–Trinajstić information content (AvgIpc) is 3.03. The Kier molecular flexibility index (Phi) is 11.8. The zero-order valence-electron chi connectivity index (χ0n) is 25.9. The number of unbranched alkanes of at least 4 members (excludes halogenated alkanes) is 1. The van der Waals surface area contributed by atoms with Crippen LogP contribution in [0.25, 0.3) is 0 Å². The summed E-state index contributed by atoms with van der Waals surface area (Å²) in [6, 6.07) is 29.2. The van der Waals surface area contributed by atoms with E-state index in [4.69, 9.17) is 11.6 Å². The highest BCUT2D eigenvalue weighted by Crippen LogP contribution is 2.27.